The highest BCUT2D eigenvalue weighted by Gasteiger charge is 2.11. The fourth-order valence-electron chi connectivity index (χ4n) is 3.09. The summed E-state index contributed by atoms with van der Waals surface area (Å²) in [5, 5.41) is 3.43. The van der Waals surface area contributed by atoms with Crippen LogP contribution in [0.3, 0.4) is 0 Å². The van der Waals surface area contributed by atoms with Crippen molar-refractivity contribution in [2.75, 3.05) is 13.1 Å². The number of ether oxygens (including phenoxy) is 1. The molecule has 0 aliphatic carbocycles. The molecule has 1 N–H and O–H groups in total. The number of benzene rings is 3. The van der Waals surface area contributed by atoms with E-state index in [1.807, 2.05) is 30.0 Å². The zero-order valence-electron chi connectivity index (χ0n) is 15.8. The van der Waals surface area contributed by atoms with Crippen LogP contribution in [0.4, 0.5) is 0 Å². The van der Waals surface area contributed by atoms with Crippen molar-refractivity contribution in [1.29, 1.82) is 0 Å². The third-order valence-electron chi connectivity index (χ3n) is 4.61. The zero-order chi connectivity index (χ0) is 19.0. The van der Waals surface area contributed by atoms with Gasteiger partial charge in [0.15, 0.2) is 0 Å². The van der Waals surface area contributed by atoms with E-state index in [1.165, 1.54) is 21.6 Å². The summed E-state index contributed by atoms with van der Waals surface area (Å²) in [6.45, 7) is 2.51. The van der Waals surface area contributed by atoms with E-state index in [2.05, 4.69) is 71.0 Å². The molecule has 0 atom stereocenters. The number of hydrogen-bond acceptors (Lipinski definition) is 4. The number of aliphatic imine (C=N–C) groups is 1. The number of amidine groups is 1. The molecule has 4 rings (SSSR count). The molecule has 1 aliphatic rings. The summed E-state index contributed by atoms with van der Waals surface area (Å²) in [5.74, 6) is 2.85. The summed E-state index contributed by atoms with van der Waals surface area (Å²) in [6.07, 6.45) is 1.11. The monoisotopic (exact) mass is 388 g/mol. The minimum absolute atomic E-state index is 0.595. The van der Waals surface area contributed by atoms with Crippen LogP contribution >= 0.6 is 11.8 Å². The topological polar surface area (TPSA) is 33.6 Å². The lowest BCUT2D eigenvalue weighted by Crippen LogP contribution is -2.30. The summed E-state index contributed by atoms with van der Waals surface area (Å²) in [5.41, 5.74) is 3.67. The molecular formula is C24H24N2OS. The third-order valence-corrected chi connectivity index (χ3v) is 5.75. The smallest absolute Gasteiger partial charge is 0.129 e. The van der Waals surface area contributed by atoms with Crippen LogP contribution in [-0.2, 0) is 12.4 Å². The summed E-state index contributed by atoms with van der Waals surface area (Å²) >= 11 is 1.85. The van der Waals surface area contributed by atoms with Crippen LogP contribution in [0, 0.1) is 0 Å². The first kappa shape index (κ1) is 18.6. The lowest BCUT2D eigenvalue weighted by atomic mass is 10.2. The SMILES string of the molecule is c1ccc(COc2ccc(CSc3ccccc3C3=NCCCN3)cc2)cc1. The van der Waals surface area contributed by atoms with Gasteiger partial charge in [0.2, 0.25) is 0 Å². The Morgan fingerprint density at radius 1 is 0.857 bits per heavy atom. The van der Waals surface area contributed by atoms with E-state index in [-0.39, 0.29) is 0 Å². The van der Waals surface area contributed by atoms with Gasteiger partial charge in [0.25, 0.3) is 0 Å². The molecule has 0 fully saturated rings. The Morgan fingerprint density at radius 3 is 2.43 bits per heavy atom. The summed E-state index contributed by atoms with van der Waals surface area (Å²) in [4.78, 5) is 5.91. The molecule has 0 amide bonds. The highest BCUT2D eigenvalue weighted by molar-refractivity contribution is 7.98. The Bertz CT molecular complexity index is 923. The molecule has 1 heterocycles. The molecule has 0 saturated carbocycles. The Hall–Kier alpha value is -2.72. The number of thioether (sulfide) groups is 1. The minimum atomic E-state index is 0.595. The fraction of sp³-hybridized carbons (Fsp3) is 0.208. The standard InChI is InChI=1S/C24H24N2OS/c1-2-7-19(8-3-1)17-27-21-13-11-20(12-14-21)18-28-23-10-5-4-9-22(23)24-25-15-6-16-26-24/h1-5,7-14H,6,15-18H2,(H,25,26). The first-order chi connectivity index (χ1) is 13.9. The lowest BCUT2D eigenvalue weighted by Gasteiger charge is -2.17. The highest BCUT2D eigenvalue weighted by atomic mass is 32.2. The van der Waals surface area contributed by atoms with Crippen molar-refractivity contribution in [3.05, 3.63) is 95.6 Å². The predicted molar refractivity (Wildman–Crippen MR) is 117 cm³/mol. The Morgan fingerprint density at radius 2 is 1.64 bits per heavy atom. The fourth-order valence-corrected chi connectivity index (χ4v) is 4.09. The number of nitrogens with one attached hydrogen (secondary N) is 1. The molecule has 0 spiro atoms. The maximum absolute atomic E-state index is 5.88. The van der Waals surface area contributed by atoms with Gasteiger partial charge in [0, 0.05) is 29.3 Å². The van der Waals surface area contributed by atoms with Gasteiger partial charge < -0.3 is 10.1 Å². The molecule has 0 radical (unpaired) electrons. The average molecular weight is 389 g/mol. The van der Waals surface area contributed by atoms with Gasteiger partial charge in [0.05, 0.1) is 0 Å². The van der Waals surface area contributed by atoms with Gasteiger partial charge in [-0.05, 0) is 35.7 Å². The first-order valence-electron chi connectivity index (χ1n) is 9.65. The van der Waals surface area contributed by atoms with Crippen molar-refractivity contribution in [2.45, 2.75) is 23.7 Å². The minimum Gasteiger partial charge on any atom is -0.489 e. The molecule has 142 valence electrons. The number of rotatable bonds is 7. The van der Waals surface area contributed by atoms with Crippen molar-refractivity contribution in [2.24, 2.45) is 4.99 Å². The van der Waals surface area contributed by atoms with Gasteiger partial charge in [-0.25, -0.2) is 0 Å². The molecule has 28 heavy (non-hydrogen) atoms. The second kappa shape index (κ2) is 9.47. The van der Waals surface area contributed by atoms with E-state index in [4.69, 9.17) is 4.74 Å². The van der Waals surface area contributed by atoms with Crippen LogP contribution in [-0.4, -0.2) is 18.9 Å². The van der Waals surface area contributed by atoms with Gasteiger partial charge in [-0.15, -0.1) is 11.8 Å². The van der Waals surface area contributed by atoms with Gasteiger partial charge in [0.1, 0.15) is 18.2 Å². The second-order valence-electron chi connectivity index (χ2n) is 6.71. The second-order valence-corrected chi connectivity index (χ2v) is 7.73. The van der Waals surface area contributed by atoms with Crippen LogP contribution < -0.4 is 10.1 Å². The van der Waals surface area contributed by atoms with Gasteiger partial charge in [-0.2, -0.15) is 0 Å². The Labute approximate surface area is 170 Å². The molecule has 1 aliphatic heterocycles. The lowest BCUT2D eigenvalue weighted by molar-refractivity contribution is 0.306. The van der Waals surface area contributed by atoms with Crippen LogP contribution in [0.25, 0.3) is 0 Å². The van der Waals surface area contributed by atoms with Crippen molar-refractivity contribution in [1.82, 2.24) is 5.32 Å². The maximum atomic E-state index is 5.88. The average Bonchev–Trinajstić information content (AvgIpc) is 2.78. The van der Waals surface area contributed by atoms with Gasteiger partial charge in [-0.3, -0.25) is 4.99 Å². The van der Waals surface area contributed by atoms with Crippen LogP contribution in [0.2, 0.25) is 0 Å². The molecule has 0 saturated heterocycles. The third kappa shape index (κ3) is 4.96. The molecule has 3 aromatic rings. The van der Waals surface area contributed by atoms with E-state index in [0.29, 0.717) is 6.61 Å². The van der Waals surface area contributed by atoms with E-state index < -0.39 is 0 Å². The molecule has 0 aromatic heterocycles. The zero-order valence-corrected chi connectivity index (χ0v) is 16.6. The van der Waals surface area contributed by atoms with Crippen LogP contribution in [0.1, 0.15) is 23.1 Å². The molecule has 4 heteroatoms. The highest BCUT2D eigenvalue weighted by Crippen LogP contribution is 2.27. The normalized spacial score (nSPS) is 13.5. The van der Waals surface area contributed by atoms with Crippen molar-refractivity contribution < 1.29 is 4.74 Å². The molecular weight excluding hydrogens is 364 g/mol. The summed E-state index contributed by atoms with van der Waals surface area (Å²) in [7, 11) is 0. The van der Waals surface area contributed by atoms with Crippen LogP contribution in [0.5, 0.6) is 5.75 Å². The Kier molecular flexibility index (Phi) is 6.30. The largest absolute Gasteiger partial charge is 0.489 e. The quantitative estimate of drug-likeness (QED) is 0.558. The molecule has 3 nitrogen and oxygen atoms in total. The van der Waals surface area contributed by atoms with Crippen molar-refractivity contribution >= 4 is 17.6 Å². The first-order valence-corrected chi connectivity index (χ1v) is 10.6. The van der Waals surface area contributed by atoms with E-state index in [1.54, 1.807) is 0 Å². The van der Waals surface area contributed by atoms with Gasteiger partial charge in [-0.1, -0.05) is 60.7 Å². The van der Waals surface area contributed by atoms with Crippen molar-refractivity contribution in [3.63, 3.8) is 0 Å². The number of nitrogens with zero attached hydrogens (tertiary/aromatic N) is 1. The summed E-state index contributed by atoms with van der Waals surface area (Å²) < 4.78 is 5.88. The van der Waals surface area contributed by atoms with E-state index in [0.717, 1.165) is 36.8 Å². The van der Waals surface area contributed by atoms with Crippen molar-refractivity contribution in [3.8, 4) is 5.75 Å². The molecule has 0 unspecified atom stereocenters. The van der Waals surface area contributed by atoms with E-state index in [9.17, 15) is 0 Å². The van der Waals surface area contributed by atoms with E-state index >= 15 is 0 Å². The summed E-state index contributed by atoms with van der Waals surface area (Å²) in [6, 6.07) is 27.1. The molecule has 0 bridgehead atoms. The number of hydrogen-bond donors (Lipinski definition) is 1. The predicted octanol–water partition coefficient (Wildman–Crippen LogP) is 5.30. The maximum Gasteiger partial charge on any atom is 0.129 e. The van der Waals surface area contributed by atoms with Crippen LogP contribution in [0.15, 0.2) is 88.8 Å². The molecule has 3 aromatic carbocycles. The van der Waals surface area contributed by atoms with Gasteiger partial charge >= 0.3 is 0 Å². The Balaban J connectivity index is 1.36.